The molecule has 0 bridgehead atoms. The Morgan fingerprint density at radius 2 is 2.00 bits per heavy atom. The fourth-order valence-electron chi connectivity index (χ4n) is 3.40. The van der Waals surface area contributed by atoms with E-state index in [0.29, 0.717) is 35.2 Å². The van der Waals surface area contributed by atoms with Crippen LogP contribution in [0.15, 0.2) is 48.9 Å². The van der Waals surface area contributed by atoms with Crippen LogP contribution in [0.4, 0.5) is 5.69 Å². The zero-order valence-electron chi connectivity index (χ0n) is 14.6. The van der Waals surface area contributed by atoms with Crippen LogP contribution in [0.5, 0.6) is 5.75 Å². The minimum absolute atomic E-state index is 0.198. The molecule has 1 fully saturated rings. The number of rotatable bonds is 5. The number of fused-ring (bicyclic) bond motifs is 1. The van der Waals surface area contributed by atoms with Gasteiger partial charge < -0.3 is 10.1 Å². The molecule has 2 aromatic heterocycles. The number of para-hydroxylation sites is 2. The average Bonchev–Trinajstić information content (AvgIpc) is 3.16. The highest BCUT2D eigenvalue weighted by molar-refractivity contribution is 6.05. The monoisotopic (exact) mass is 350 g/mol. The van der Waals surface area contributed by atoms with Gasteiger partial charge in [0.15, 0.2) is 5.65 Å². The molecule has 0 spiro atoms. The van der Waals surface area contributed by atoms with Crippen molar-refractivity contribution in [3.63, 3.8) is 0 Å². The van der Waals surface area contributed by atoms with E-state index in [1.807, 2.05) is 24.3 Å². The largest absolute Gasteiger partial charge is 0.491 e. The fraction of sp³-hybridized carbons (Fsp3) is 0.350. The minimum atomic E-state index is -0.198. The van der Waals surface area contributed by atoms with E-state index in [2.05, 4.69) is 15.4 Å². The number of ether oxygens (including phenoxy) is 1. The summed E-state index contributed by atoms with van der Waals surface area (Å²) in [5.74, 6) is 1.13. The van der Waals surface area contributed by atoms with Gasteiger partial charge in [-0.25, -0.2) is 9.50 Å². The highest BCUT2D eigenvalue weighted by Gasteiger charge is 2.16. The van der Waals surface area contributed by atoms with Gasteiger partial charge in [0.1, 0.15) is 12.1 Å². The van der Waals surface area contributed by atoms with Gasteiger partial charge in [-0.2, -0.15) is 5.10 Å². The maximum atomic E-state index is 12.6. The first kappa shape index (κ1) is 16.6. The number of hydrogen-bond donors (Lipinski definition) is 1. The summed E-state index contributed by atoms with van der Waals surface area (Å²) in [7, 11) is 0. The van der Waals surface area contributed by atoms with Crippen molar-refractivity contribution < 1.29 is 9.53 Å². The van der Waals surface area contributed by atoms with Gasteiger partial charge in [-0.1, -0.05) is 31.4 Å². The summed E-state index contributed by atoms with van der Waals surface area (Å²) in [6.45, 7) is 0.706. The molecule has 0 aliphatic heterocycles. The van der Waals surface area contributed by atoms with Crippen LogP contribution in [-0.2, 0) is 0 Å². The molecule has 0 saturated heterocycles. The molecule has 1 N–H and O–H groups in total. The molecule has 1 aliphatic rings. The number of pyridine rings is 1. The van der Waals surface area contributed by atoms with E-state index < -0.39 is 0 Å². The summed E-state index contributed by atoms with van der Waals surface area (Å²) >= 11 is 0. The number of nitrogens with zero attached hydrogens (tertiary/aromatic N) is 3. The van der Waals surface area contributed by atoms with Crippen LogP contribution >= 0.6 is 0 Å². The third-order valence-electron chi connectivity index (χ3n) is 4.87. The van der Waals surface area contributed by atoms with Crippen LogP contribution < -0.4 is 10.1 Å². The van der Waals surface area contributed by atoms with Crippen LogP contribution in [0.2, 0.25) is 0 Å². The maximum Gasteiger partial charge on any atom is 0.257 e. The molecular formula is C20H22N4O2. The molecule has 0 atom stereocenters. The predicted molar refractivity (Wildman–Crippen MR) is 99.5 cm³/mol. The summed E-state index contributed by atoms with van der Waals surface area (Å²) in [5, 5.41) is 7.01. The van der Waals surface area contributed by atoms with Crippen molar-refractivity contribution >= 4 is 17.2 Å². The summed E-state index contributed by atoms with van der Waals surface area (Å²) in [6.07, 6.45) is 9.50. The number of hydrogen-bond acceptors (Lipinski definition) is 4. The Balaban J connectivity index is 1.45. The van der Waals surface area contributed by atoms with Crippen molar-refractivity contribution in [1.82, 2.24) is 14.6 Å². The molecule has 1 amide bonds. The SMILES string of the molecule is O=C(Nc1ccccc1OCC1CCCCC1)c1ccc2ncnn2c1. The lowest BCUT2D eigenvalue weighted by Crippen LogP contribution is -2.17. The summed E-state index contributed by atoms with van der Waals surface area (Å²) in [4.78, 5) is 16.7. The number of nitrogens with one attached hydrogen (secondary N) is 1. The first-order valence-electron chi connectivity index (χ1n) is 9.12. The molecule has 4 rings (SSSR count). The summed E-state index contributed by atoms with van der Waals surface area (Å²) < 4.78 is 7.61. The van der Waals surface area contributed by atoms with Crippen LogP contribution in [0, 0.1) is 5.92 Å². The van der Waals surface area contributed by atoms with Crippen molar-refractivity contribution in [3.05, 3.63) is 54.5 Å². The van der Waals surface area contributed by atoms with Crippen molar-refractivity contribution in [2.75, 3.05) is 11.9 Å². The number of anilines is 1. The molecule has 2 heterocycles. The Bertz CT molecular complexity index is 899. The molecule has 6 nitrogen and oxygen atoms in total. The molecule has 1 aromatic carbocycles. The standard InChI is InChI=1S/C20H22N4O2/c25-20(16-10-11-19-21-14-22-24(19)12-16)23-17-8-4-5-9-18(17)26-13-15-6-2-1-3-7-15/h4-5,8-12,14-15H,1-3,6-7,13H2,(H,23,25). The number of carbonyl (C=O) groups excluding carboxylic acids is 1. The zero-order valence-corrected chi connectivity index (χ0v) is 14.6. The van der Waals surface area contributed by atoms with Gasteiger partial charge in [-0.05, 0) is 43.0 Å². The second kappa shape index (κ2) is 7.56. The number of carbonyl (C=O) groups is 1. The smallest absolute Gasteiger partial charge is 0.257 e. The van der Waals surface area contributed by atoms with E-state index in [1.165, 1.54) is 38.4 Å². The van der Waals surface area contributed by atoms with Gasteiger partial charge in [0.25, 0.3) is 5.91 Å². The molecule has 6 heteroatoms. The van der Waals surface area contributed by atoms with E-state index in [9.17, 15) is 4.79 Å². The molecular weight excluding hydrogens is 328 g/mol. The van der Waals surface area contributed by atoms with E-state index in [4.69, 9.17) is 4.74 Å². The topological polar surface area (TPSA) is 68.5 Å². The van der Waals surface area contributed by atoms with Crippen LogP contribution in [0.25, 0.3) is 5.65 Å². The van der Waals surface area contributed by atoms with Gasteiger partial charge in [-0.3, -0.25) is 4.79 Å². The van der Waals surface area contributed by atoms with Gasteiger partial charge in [-0.15, -0.1) is 0 Å². The molecule has 26 heavy (non-hydrogen) atoms. The van der Waals surface area contributed by atoms with Crippen LogP contribution in [0.1, 0.15) is 42.5 Å². The summed E-state index contributed by atoms with van der Waals surface area (Å²) in [5.41, 5.74) is 1.91. The van der Waals surface area contributed by atoms with E-state index >= 15 is 0 Å². The van der Waals surface area contributed by atoms with Gasteiger partial charge in [0.05, 0.1) is 17.9 Å². The number of amides is 1. The van der Waals surface area contributed by atoms with Crippen molar-refractivity contribution in [3.8, 4) is 5.75 Å². The van der Waals surface area contributed by atoms with Crippen molar-refractivity contribution in [2.24, 2.45) is 5.92 Å². The lowest BCUT2D eigenvalue weighted by atomic mass is 9.90. The Hall–Kier alpha value is -2.89. The van der Waals surface area contributed by atoms with Gasteiger partial charge in [0, 0.05) is 6.20 Å². The molecule has 0 unspecified atom stereocenters. The summed E-state index contributed by atoms with van der Waals surface area (Å²) in [6, 6.07) is 11.1. The first-order valence-corrected chi connectivity index (χ1v) is 9.12. The molecule has 134 valence electrons. The molecule has 0 radical (unpaired) electrons. The molecule has 1 saturated carbocycles. The van der Waals surface area contributed by atoms with Crippen molar-refractivity contribution in [2.45, 2.75) is 32.1 Å². The third-order valence-corrected chi connectivity index (χ3v) is 4.87. The first-order chi connectivity index (χ1) is 12.8. The number of aromatic nitrogens is 3. The van der Waals surface area contributed by atoms with E-state index in [1.54, 1.807) is 22.8 Å². The number of benzene rings is 1. The lowest BCUT2D eigenvalue weighted by molar-refractivity contribution is 0.102. The molecule has 1 aliphatic carbocycles. The quantitative estimate of drug-likeness (QED) is 0.757. The maximum absolute atomic E-state index is 12.6. The molecule has 3 aromatic rings. The van der Waals surface area contributed by atoms with Crippen LogP contribution in [0.3, 0.4) is 0 Å². The lowest BCUT2D eigenvalue weighted by Gasteiger charge is -2.22. The third kappa shape index (κ3) is 3.69. The Morgan fingerprint density at radius 1 is 1.15 bits per heavy atom. The zero-order chi connectivity index (χ0) is 17.8. The van der Waals surface area contributed by atoms with E-state index in [0.717, 1.165) is 0 Å². The Kier molecular flexibility index (Phi) is 4.82. The highest BCUT2D eigenvalue weighted by atomic mass is 16.5. The minimum Gasteiger partial charge on any atom is -0.491 e. The Morgan fingerprint density at radius 3 is 2.88 bits per heavy atom. The van der Waals surface area contributed by atoms with Gasteiger partial charge in [0.2, 0.25) is 0 Å². The van der Waals surface area contributed by atoms with Gasteiger partial charge >= 0.3 is 0 Å². The second-order valence-corrected chi connectivity index (χ2v) is 6.75. The van der Waals surface area contributed by atoms with Crippen LogP contribution in [-0.4, -0.2) is 27.1 Å². The van der Waals surface area contributed by atoms with Crippen molar-refractivity contribution in [1.29, 1.82) is 0 Å². The predicted octanol–water partition coefficient (Wildman–Crippen LogP) is 3.94. The average molecular weight is 350 g/mol. The second-order valence-electron chi connectivity index (χ2n) is 6.75. The normalized spacial score (nSPS) is 15.1. The Labute approximate surface area is 152 Å². The van der Waals surface area contributed by atoms with E-state index in [-0.39, 0.29) is 5.91 Å². The fourth-order valence-corrected chi connectivity index (χ4v) is 3.40. The highest BCUT2D eigenvalue weighted by Crippen LogP contribution is 2.28.